The third kappa shape index (κ3) is 1.97. The van der Waals surface area contributed by atoms with Gasteiger partial charge in [0.25, 0.3) is 0 Å². The van der Waals surface area contributed by atoms with Crippen LogP contribution in [0.1, 0.15) is 10.4 Å². The van der Waals surface area contributed by atoms with Crippen molar-refractivity contribution in [3.63, 3.8) is 0 Å². The van der Waals surface area contributed by atoms with Crippen LogP contribution < -0.4 is 15.8 Å². The summed E-state index contributed by atoms with van der Waals surface area (Å²) >= 11 is 1.26. The molecule has 1 amide bonds. The molecule has 6 nitrogen and oxygen atoms in total. The predicted octanol–water partition coefficient (Wildman–Crippen LogP) is 1.11. The quantitative estimate of drug-likeness (QED) is 0.616. The van der Waals surface area contributed by atoms with Crippen LogP contribution in [0, 0.1) is 0 Å². The zero-order valence-electron chi connectivity index (χ0n) is 9.90. The molecular formula is C11H12N2O4S. The molecule has 3 N–H and O–H groups in total. The molecule has 96 valence electrons. The average molecular weight is 268 g/mol. The Morgan fingerprint density at radius 1 is 1.50 bits per heavy atom. The van der Waals surface area contributed by atoms with E-state index in [1.807, 2.05) is 0 Å². The van der Waals surface area contributed by atoms with Crippen LogP contribution in [-0.4, -0.2) is 31.8 Å². The number of carbonyl (C=O) groups is 2. The molecule has 0 aromatic heterocycles. The van der Waals surface area contributed by atoms with Crippen LogP contribution in [0.5, 0.6) is 5.75 Å². The highest BCUT2D eigenvalue weighted by molar-refractivity contribution is 8.00. The van der Waals surface area contributed by atoms with Crippen molar-refractivity contribution < 1.29 is 19.1 Å². The molecule has 0 bridgehead atoms. The second kappa shape index (κ2) is 4.77. The molecule has 1 aromatic rings. The molecule has 1 heterocycles. The van der Waals surface area contributed by atoms with E-state index in [1.54, 1.807) is 6.07 Å². The minimum Gasteiger partial charge on any atom is -0.494 e. The van der Waals surface area contributed by atoms with E-state index in [0.717, 1.165) is 0 Å². The summed E-state index contributed by atoms with van der Waals surface area (Å²) in [4.78, 5) is 23.8. The summed E-state index contributed by atoms with van der Waals surface area (Å²) < 4.78 is 9.87. The number of ether oxygens (including phenoxy) is 2. The Labute approximate surface area is 108 Å². The number of fused-ring (bicyclic) bond motifs is 1. The maximum atomic E-state index is 11.8. The van der Waals surface area contributed by atoms with Gasteiger partial charge in [0.1, 0.15) is 5.56 Å². The highest BCUT2D eigenvalue weighted by Gasteiger charge is 2.28. The third-order valence-corrected chi connectivity index (χ3v) is 3.60. The Bertz CT molecular complexity index is 530. The lowest BCUT2D eigenvalue weighted by Gasteiger charge is -2.21. The van der Waals surface area contributed by atoms with Gasteiger partial charge in [0.2, 0.25) is 5.91 Å². The van der Waals surface area contributed by atoms with Crippen LogP contribution >= 0.6 is 11.8 Å². The van der Waals surface area contributed by atoms with Crippen LogP contribution in [0.4, 0.5) is 11.4 Å². The first-order chi connectivity index (χ1) is 8.58. The van der Waals surface area contributed by atoms with E-state index in [4.69, 9.17) is 15.2 Å². The molecule has 2 rings (SSSR count). The largest absolute Gasteiger partial charge is 0.494 e. The normalized spacial score (nSPS) is 13.6. The molecule has 0 aliphatic carbocycles. The SMILES string of the molecule is COC(=O)c1c(OC)c(N)cc2c1SCC(=O)N2. The topological polar surface area (TPSA) is 90.7 Å². The summed E-state index contributed by atoms with van der Waals surface area (Å²) in [6.45, 7) is 0. The van der Waals surface area contributed by atoms with Gasteiger partial charge < -0.3 is 20.5 Å². The van der Waals surface area contributed by atoms with Gasteiger partial charge in [-0.3, -0.25) is 4.79 Å². The summed E-state index contributed by atoms with van der Waals surface area (Å²) in [5.41, 5.74) is 6.84. The number of methoxy groups -OCH3 is 2. The first-order valence-corrected chi connectivity index (χ1v) is 6.08. The molecule has 0 fully saturated rings. The number of rotatable bonds is 2. The van der Waals surface area contributed by atoms with Crippen molar-refractivity contribution in [1.29, 1.82) is 0 Å². The van der Waals surface area contributed by atoms with Crippen LogP contribution in [0.15, 0.2) is 11.0 Å². The van der Waals surface area contributed by atoms with Gasteiger partial charge in [0.15, 0.2) is 5.75 Å². The number of amides is 1. The Morgan fingerprint density at radius 2 is 2.22 bits per heavy atom. The number of nitrogens with one attached hydrogen (secondary N) is 1. The predicted molar refractivity (Wildman–Crippen MR) is 68.1 cm³/mol. The van der Waals surface area contributed by atoms with Crippen molar-refractivity contribution >= 4 is 35.0 Å². The van der Waals surface area contributed by atoms with Crippen molar-refractivity contribution in [2.45, 2.75) is 4.90 Å². The number of hydrogen-bond donors (Lipinski definition) is 2. The molecule has 0 spiro atoms. The van der Waals surface area contributed by atoms with Gasteiger partial charge in [-0.05, 0) is 6.07 Å². The second-order valence-electron chi connectivity index (χ2n) is 3.58. The van der Waals surface area contributed by atoms with Gasteiger partial charge in [-0.25, -0.2) is 4.79 Å². The fraction of sp³-hybridized carbons (Fsp3) is 0.273. The highest BCUT2D eigenvalue weighted by atomic mass is 32.2. The zero-order valence-corrected chi connectivity index (χ0v) is 10.7. The molecule has 0 saturated carbocycles. The molecule has 1 aliphatic rings. The fourth-order valence-electron chi connectivity index (χ4n) is 1.74. The van der Waals surface area contributed by atoms with Crippen LogP contribution in [-0.2, 0) is 9.53 Å². The number of carbonyl (C=O) groups excluding carboxylic acids is 2. The average Bonchev–Trinajstić information content (AvgIpc) is 2.35. The fourth-order valence-corrected chi connectivity index (χ4v) is 2.68. The molecular weight excluding hydrogens is 256 g/mol. The van der Waals surface area contributed by atoms with Crippen molar-refractivity contribution in [2.75, 3.05) is 31.0 Å². The summed E-state index contributed by atoms with van der Waals surface area (Å²) in [5.74, 6) is -0.166. The van der Waals surface area contributed by atoms with Crippen molar-refractivity contribution in [2.24, 2.45) is 0 Å². The molecule has 0 saturated heterocycles. The van der Waals surface area contributed by atoms with Gasteiger partial charge in [-0.15, -0.1) is 11.8 Å². The summed E-state index contributed by atoms with van der Waals surface area (Å²) in [6.07, 6.45) is 0. The van der Waals surface area contributed by atoms with Crippen molar-refractivity contribution in [3.8, 4) is 5.75 Å². The van der Waals surface area contributed by atoms with Gasteiger partial charge in [-0.2, -0.15) is 0 Å². The lowest BCUT2D eigenvalue weighted by molar-refractivity contribution is -0.113. The van der Waals surface area contributed by atoms with E-state index in [2.05, 4.69) is 5.32 Å². The van der Waals surface area contributed by atoms with E-state index in [9.17, 15) is 9.59 Å². The Balaban J connectivity index is 2.66. The van der Waals surface area contributed by atoms with E-state index in [-0.39, 0.29) is 28.7 Å². The lowest BCUT2D eigenvalue weighted by atomic mass is 10.1. The molecule has 0 unspecified atom stereocenters. The first-order valence-electron chi connectivity index (χ1n) is 5.10. The van der Waals surface area contributed by atoms with Gasteiger partial charge in [0.05, 0.1) is 31.3 Å². The standard InChI is InChI=1S/C11H12N2O4S/c1-16-9-5(12)3-6-10(8(9)11(15)17-2)18-4-7(14)13-6/h3H,4,12H2,1-2H3,(H,13,14). The molecule has 18 heavy (non-hydrogen) atoms. The first kappa shape index (κ1) is 12.6. The van der Waals surface area contributed by atoms with Gasteiger partial charge in [-0.1, -0.05) is 0 Å². The number of hydrogen-bond acceptors (Lipinski definition) is 6. The molecule has 1 aliphatic heterocycles. The molecule has 7 heteroatoms. The smallest absolute Gasteiger partial charge is 0.342 e. The number of anilines is 2. The number of nitrogen functional groups attached to an aromatic ring is 1. The maximum absolute atomic E-state index is 11.8. The minimum atomic E-state index is -0.543. The monoisotopic (exact) mass is 268 g/mol. The highest BCUT2D eigenvalue weighted by Crippen LogP contribution is 2.43. The van der Waals surface area contributed by atoms with Crippen LogP contribution in [0.25, 0.3) is 0 Å². The van der Waals surface area contributed by atoms with Crippen LogP contribution in [0.3, 0.4) is 0 Å². The van der Waals surface area contributed by atoms with E-state index in [0.29, 0.717) is 10.6 Å². The molecule has 0 radical (unpaired) electrons. The molecule has 1 aromatic carbocycles. The van der Waals surface area contributed by atoms with Crippen molar-refractivity contribution in [3.05, 3.63) is 11.6 Å². The second-order valence-corrected chi connectivity index (χ2v) is 4.56. The van der Waals surface area contributed by atoms with Crippen LogP contribution in [0.2, 0.25) is 0 Å². The van der Waals surface area contributed by atoms with E-state index >= 15 is 0 Å². The van der Waals surface area contributed by atoms with Gasteiger partial charge in [0, 0.05) is 4.90 Å². The Hall–Kier alpha value is -1.89. The number of esters is 1. The Kier molecular flexibility index (Phi) is 3.33. The van der Waals surface area contributed by atoms with Gasteiger partial charge >= 0.3 is 5.97 Å². The van der Waals surface area contributed by atoms with Crippen molar-refractivity contribution in [1.82, 2.24) is 0 Å². The summed E-state index contributed by atoms with van der Waals surface area (Å²) in [7, 11) is 2.71. The minimum absolute atomic E-state index is 0.132. The summed E-state index contributed by atoms with van der Waals surface area (Å²) in [6, 6.07) is 1.57. The third-order valence-electron chi connectivity index (χ3n) is 2.48. The Morgan fingerprint density at radius 3 is 2.83 bits per heavy atom. The molecule has 0 atom stereocenters. The number of nitrogens with two attached hydrogens (primary N) is 1. The van der Waals surface area contributed by atoms with E-state index in [1.165, 1.54) is 26.0 Å². The zero-order chi connectivity index (χ0) is 13.3. The summed E-state index contributed by atoms with van der Waals surface area (Å²) in [5, 5.41) is 2.67. The lowest BCUT2D eigenvalue weighted by Crippen LogP contribution is -2.21. The maximum Gasteiger partial charge on any atom is 0.342 e. The van der Waals surface area contributed by atoms with E-state index < -0.39 is 5.97 Å². The number of benzene rings is 1. The number of thioether (sulfide) groups is 1.